The van der Waals surface area contributed by atoms with E-state index in [1.54, 1.807) is 26.9 Å². The highest BCUT2D eigenvalue weighted by Crippen LogP contribution is 2.60. The van der Waals surface area contributed by atoms with Crippen molar-refractivity contribution in [3.05, 3.63) is 85.5 Å². The third-order valence-corrected chi connectivity index (χ3v) is 10.4. The summed E-state index contributed by atoms with van der Waals surface area (Å²) < 4.78 is 12.4. The molecule has 2 aromatic carbocycles. The van der Waals surface area contributed by atoms with Gasteiger partial charge in [0.2, 0.25) is 17.7 Å². The minimum Gasteiger partial charge on any atom is -0.494 e. The first-order valence-electron chi connectivity index (χ1n) is 16.6. The number of alkyl halides is 1. The molecule has 3 saturated heterocycles. The highest BCUT2D eigenvalue weighted by atomic mass is 79.9. The number of aliphatic hydroxyl groups is 1. The largest absolute Gasteiger partial charge is 0.494 e. The molecule has 3 aliphatic heterocycles. The number of nitrogens with zero attached hydrogens (tertiary/aromatic N) is 3. The molecule has 2 bridgehead atoms. The Labute approximate surface area is 286 Å². The van der Waals surface area contributed by atoms with Crippen LogP contribution in [0.5, 0.6) is 5.75 Å². The van der Waals surface area contributed by atoms with Crippen molar-refractivity contribution in [2.24, 2.45) is 11.8 Å². The Kier molecular flexibility index (Phi) is 11.6. The number of hydrogen-bond acceptors (Lipinski definition) is 6. The van der Waals surface area contributed by atoms with E-state index in [1.165, 1.54) is 0 Å². The van der Waals surface area contributed by atoms with E-state index in [1.807, 2.05) is 61.5 Å². The Hall–Kier alpha value is -3.47. The molecule has 47 heavy (non-hydrogen) atoms. The maximum absolute atomic E-state index is 14.7. The number of benzene rings is 2. The minimum atomic E-state index is -1.16. The van der Waals surface area contributed by atoms with Crippen LogP contribution in [0.15, 0.2) is 79.9 Å². The normalized spacial score (nSPS) is 25.8. The molecule has 2 aromatic rings. The van der Waals surface area contributed by atoms with Crippen LogP contribution >= 0.6 is 15.9 Å². The van der Waals surface area contributed by atoms with Gasteiger partial charge >= 0.3 is 0 Å². The fourth-order valence-corrected chi connectivity index (χ4v) is 8.51. The first-order chi connectivity index (χ1) is 22.8. The van der Waals surface area contributed by atoms with Crippen molar-refractivity contribution in [1.29, 1.82) is 0 Å². The summed E-state index contributed by atoms with van der Waals surface area (Å²) in [4.78, 5) is 48.8. The van der Waals surface area contributed by atoms with Crippen molar-refractivity contribution in [1.82, 2.24) is 9.80 Å². The molecule has 6 atom stereocenters. The number of anilines is 1. The van der Waals surface area contributed by atoms with Crippen molar-refractivity contribution < 1.29 is 29.0 Å². The molecule has 0 radical (unpaired) electrons. The monoisotopic (exact) mass is 707 g/mol. The average molecular weight is 709 g/mol. The predicted molar refractivity (Wildman–Crippen MR) is 185 cm³/mol. The summed E-state index contributed by atoms with van der Waals surface area (Å²) in [5, 5.41) is 9.26. The molecule has 9 nitrogen and oxygen atoms in total. The summed E-state index contributed by atoms with van der Waals surface area (Å²) in [5.74, 6) is -1.54. The number of aliphatic hydroxyl groups excluding tert-OH is 1. The average Bonchev–Trinajstić information content (AvgIpc) is 3.67. The molecule has 1 spiro atoms. The molecule has 3 heterocycles. The Morgan fingerprint density at radius 3 is 2.40 bits per heavy atom. The van der Waals surface area contributed by atoms with E-state index in [0.29, 0.717) is 56.9 Å². The molecule has 1 N–H and O–H groups in total. The summed E-state index contributed by atoms with van der Waals surface area (Å²) in [6.45, 7) is 11.6. The molecule has 3 aliphatic rings. The maximum atomic E-state index is 14.7. The molecule has 3 unspecified atom stereocenters. The van der Waals surface area contributed by atoms with E-state index < -0.39 is 29.6 Å². The lowest BCUT2D eigenvalue weighted by Crippen LogP contribution is -2.57. The van der Waals surface area contributed by atoms with Crippen LogP contribution in [0.25, 0.3) is 0 Å². The number of halogens is 1. The van der Waals surface area contributed by atoms with Gasteiger partial charge in [0.25, 0.3) is 0 Å². The molecule has 3 amide bonds. The smallest absolute Gasteiger partial charge is 0.248 e. The van der Waals surface area contributed by atoms with Gasteiger partial charge in [-0.3, -0.25) is 14.4 Å². The Balaban J connectivity index is 1.50. The second kappa shape index (κ2) is 15.6. The van der Waals surface area contributed by atoms with Crippen LogP contribution in [0.3, 0.4) is 0 Å². The Morgan fingerprint density at radius 2 is 1.74 bits per heavy atom. The van der Waals surface area contributed by atoms with Crippen molar-refractivity contribution >= 4 is 39.3 Å². The summed E-state index contributed by atoms with van der Waals surface area (Å²) in [5.41, 5.74) is 0.475. The molecule has 10 heteroatoms. The quantitative estimate of drug-likeness (QED) is 0.139. The van der Waals surface area contributed by atoms with Crippen LogP contribution in [0.4, 0.5) is 5.69 Å². The minimum absolute atomic E-state index is 0.117. The van der Waals surface area contributed by atoms with Gasteiger partial charge in [-0.05, 0) is 56.0 Å². The number of fused-ring (bicyclic) bond motifs is 1. The topological polar surface area (TPSA) is 99.6 Å². The van der Waals surface area contributed by atoms with Crippen molar-refractivity contribution in [2.75, 3.05) is 37.7 Å². The lowest BCUT2D eigenvalue weighted by atomic mass is 9.70. The van der Waals surface area contributed by atoms with Gasteiger partial charge in [-0.2, -0.15) is 0 Å². The summed E-state index contributed by atoms with van der Waals surface area (Å²) >= 11 is 3.80. The first-order valence-corrected chi connectivity index (χ1v) is 17.5. The number of carbonyl (C=O) groups excluding carboxylic acids is 3. The molecule has 252 valence electrons. The van der Waals surface area contributed by atoms with Crippen LogP contribution in [0.2, 0.25) is 0 Å². The third-order valence-electron chi connectivity index (χ3n) is 9.53. The second-order valence-electron chi connectivity index (χ2n) is 12.5. The summed E-state index contributed by atoms with van der Waals surface area (Å²) in [6, 6.07) is 16.2. The molecule has 3 fully saturated rings. The molecule has 5 rings (SSSR count). The highest BCUT2D eigenvalue weighted by Gasteiger charge is 2.76. The zero-order chi connectivity index (χ0) is 33.6. The molecule has 0 saturated carbocycles. The second-order valence-corrected chi connectivity index (χ2v) is 13.7. The Bertz CT molecular complexity index is 1420. The van der Waals surface area contributed by atoms with Crippen molar-refractivity contribution in [3.63, 3.8) is 0 Å². The van der Waals surface area contributed by atoms with Gasteiger partial charge < -0.3 is 29.3 Å². The van der Waals surface area contributed by atoms with Gasteiger partial charge in [-0.1, -0.05) is 71.3 Å². The first kappa shape index (κ1) is 34.9. The van der Waals surface area contributed by atoms with Gasteiger partial charge in [0.05, 0.1) is 24.5 Å². The fraction of sp³-hybridized carbons (Fsp3) is 0.486. The van der Waals surface area contributed by atoms with E-state index in [9.17, 15) is 19.5 Å². The standard InChI is InChI=1S/C37H46BrN3O6/c1-4-20-39(25-26-14-10-9-11-15-26)36(45)33-37-24-29(38)32(47-37)30(31(37)35(44)41(33)22-12-7-8-13-23-42)34(43)40(21-5-2)27-16-18-28(19-17-27)46-6-3/h4-5,9-11,14-19,29-33,42H,1-2,6-8,12-13,20-25H2,3H3/t29?,30-,31-,32-,33?,37?/m0/s1. The van der Waals surface area contributed by atoms with Crippen LogP contribution in [0.1, 0.15) is 44.6 Å². The zero-order valence-corrected chi connectivity index (χ0v) is 28.7. The lowest BCUT2D eigenvalue weighted by Gasteiger charge is -2.37. The summed E-state index contributed by atoms with van der Waals surface area (Å²) in [7, 11) is 0. The van der Waals surface area contributed by atoms with E-state index >= 15 is 0 Å². The van der Waals surface area contributed by atoms with Gasteiger partial charge in [-0.15, -0.1) is 13.2 Å². The molecule has 0 aromatic heterocycles. The number of likely N-dealkylation sites (tertiary alicyclic amines) is 1. The highest BCUT2D eigenvalue weighted by molar-refractivity contribution is 9.09. The lowest BCUT2D eigenvalue weighted by molar-refractivity contribution is -0.148. The van der Waals surface area contributed by atoms with Crippen LogP contribution in [-0.2, 0) is 25.7 Å². The van der Waals surface area contributed by atoms with E-state index in [2.05, 4.69) is 29.1 Å². The van der Waals surface area contributed by atoms with Crippen molar-refractivity contribution in [2.45, 2.75) is 68.1 Å². The maximum Gasteiger partial charge on any atom is 0.248 e. The van der Waals surface area contributed by atoms with Gasteiger partial charge in [0.15, 0.2) is 0 Å². The predicted octanol–water partition coefficient (Wildman–Crippen LogP) is 5.12. The number of amides is 3. The van der Waals surface area contributed by atoms with Gasteiger partial charge in [0, 0.05) is 43.3 Å². The van der Waals surface area contributed by atoms with Crippen LogP contribution < -0.4 is 9.64 Å². The molecular formula is C37H46BrN3O6. The van der Waals surface area contributed by atoms with Crippen LogP contribution in [0, 0.1) is 11.8 Å². The third kappa shape index (κ3) is 6.91. The van der Waals surface area contributed by atoms with E-state index in [0.717, 1.165) is 18.4 Å². The van der Waals surface area contributed by atoms with Crippen molar-refractivity contribution in [3.8, 4) is 5.75 Å². The van der Waals surface area contributed by atoms with Gasteiger partial charge in [0.1, 0.15) is 17.4 Å². The Morgan fingerprint density at radius 1 is 1.04 bits per heavy atom. The SMILES string of the molecule is C=CCN(Cc1ccccc1)C(=O)C1N(CCCCCCO)C(=O)[C@@H]2[C@H](C(=O)N(CC=C)c3ccc(OCC)cc3)[C@H]3OC12CC3Br. The fourth-order valence-electron chi connectivity index (χ4n) is 7.56. The van der Waals surface area contributed by atoms with E-state index in [-0.39, 0.29) is 35.7 Å². The summed E-state index contributed by atoms with van der Waals surface area (Å²) in [6.07, 6.45) is 6.22. The zero-order valence-electron chi connectivity index (χ0n) is 27.1. The molecule has 0 aliphatic carbocycles. The number of rotatable bonds is 17. The number of carbonyl (C=O) groups is 3. The number of unbranched alkanes of at least 4 members (excludes halogenated alkanes) is 3. The van der Waals surface area contributed by atoms with Crippen LogP contribution in [-0.4, -0.2) is 88.0 Å². The number of ether oxygens (including phenoxy) is 2. The molecular weight excluding hydrogens is 662 g/mol. The van der Waals surface area contributed by atoms with Gasteiger partial charge in [-0.25, -0.2) is 0 Å². The number of hydrogen-bond donors (Lipinski definition) is 1. The van der Waals surface area contributed by atoms with E-state index in [4.69, 9.17) is 9.47 Å².